The Hall–Kier alpha value is -1.90. The first-order valence-corrected chi connectivity index (χ1v) is 11.8. The van der Waals surface area contributed by atoms with Gasteiger partial charge < -0.3 is 15.3 Å². The minimum absolute atomic E-state index is 0.000422. The van der Waals surface area contributed by atoms with Gasteiger partial charge in [-0.05, 0) is 55.3 Å². The first-order valence-electron chi connectivity index (χ1n) is 11.8. The van der Waals surface area contributed by atoms with Crippen molar-refractivity contribution in [2.24, 2.45) is 23.2 Å². The number of carbonyl (C=O) groups excluding carboxylic acids is 1. The fraction of sp³-hybridized carbons (Fsp3) is 0.783. The second-order valence-electron chi connectivity index (χ2n) is 10.4. The Labute approximate surface area is 186 Å². The van der Waals surface area contributed by atoms with Crippen LogP contribution < -0.4 is 5.32 Å². The molecule has 3 aliphatic carbocycles. The second-order valence-corrected chi connectivity index (χ2v) is 10.4. The Morgan fingerprint density at radius 1 is 1.25 bits per heavy atom. The van der Waals surface area contributed by atoms with Crippen molar-refractivity contribution in [3.8, 4) is 0 Å². The van der Waals surface area contributed by atoms with Crippen LogP contribution in [-0.2, 0) is 17.8 Å². The number of carbonyl (C=O) groups is 1. The average molecular weight is 453 g/mol. The molecule has 32 heavy (non-hydrogen) atoms. The van der Waals surface area contributed by atoms with Crippen LogP contribution in [0.25, 0.3) is 0 Å². The lowest BCUT2D eigenvalue weighted by Gasteiger charge is -2.41. The third-order valence-corrected chi connectivity index (χ3v) is 8.40. The van der Waals surface area contributed by atoms with Gasteiger partial charge in [-0.25, -0.2) is 9.97 Å². The van der Waals surface area contributed by atoms with Crippen LogP contribution >= 0.6 is 0 Å². The predicted molar refractivity (Wildman–Crippen MR) is 112 cm³/mol. The van der Waals surface area contributed by atoms with Gasteiger partial charge in [0.2, 0.25) is 5.91 Å². The van der Waals surface area contributed by atoms with E-state index in [1.165, 1.54) is 36.9 Å². The van der Waals surface area contributed by atoms with Crippen molar-refractivity contribution in [3.63, 3.8) is 0 Å². The van der Waals surface area contributed by atoms with E-state index in [9.17, 15) is 23.1 Å². The number of alkyl halides is 3. The van der Waals surface area contributed by atoms with E-state index in [2.05, 4.69) is 15.3 Å². The van der Waals surface area contributed by atoms with Crippen LogP contribution in [0.4, 0.5) is 19.0 Å². The van der Waals surface area contributed by atoms with Gasteiger partial charge in [0.05, 0.1) is 18.3 Å². The number of nitrogens with one attached hydrogen (secondary N) is 1. The Morgan fingerprint density at radius 3 is 2.88 bits per heavy atom. The van der Waals surface area contributed by atoms with E-state index in [-0.39, 0.29) is 18.5 Å². The van der Waals surface area contributed by atoms with E-state index in [1.807, 2.05) is 0 Å². The van der Waals surface area contributed by atoms with E-state index in [1.54, 1.807) is 0 Å². The largest absolute Gasteiger partial charge is 0.397 e. The fourth-order valence-electron chi connectivity index (χ4n) is 7.04. The highest BCUT2D eigenvalue weighted by atomic mass is 19.4. The number of amides is 1. The van der Waals surface area contributed by atoms with Crippen molar-refractivity contribution in [2.75, 3.05) is 18.4 Å². The van der Waals surface area contributed by atoms with Gasteiger partial charge in [0.1, 0.15) is 18.6 Å². The maximum atomic E-state index is 12.6. The summed E-state index contributed by atoms with van der Waals surface area (Å²) >= 11 is 0. The number of aromatic nitrogens is 2. The van der Waals surface area contributed by atoms with Gasteiger partial charge in [0, 0.05) is 18.7 Å². The van der Waals surface area contributed by atoms with E-state index in [0.717, 1.165) is 42.6 Å². The number of halogens is 3. The highest BCUT2D eigenvalue weighted by Gasteiger charge is 2.54. The number of hydrogen-bond acceptors (Lipinski definition) is 5. The Kier molecular flexibility index (Phi) is 5.58. The fourth-order valence-corrected chi connectivity index (χ4v) is 7.04. The topological polar surface area (TPSA) is 78.4 Å². The molecule has 3 bridgehead atoms. The lowest BCUT2D eigenvalue weighted by molar-refractivity contribution is -0.162. The van der Waals surface area contributed by atoms with Crippen LogP contribution in [0.2, 0.25) is 0 Å². The van der Waals surface area contributed by atoms with Crippen LogP contribution in [0.3, 0.4) is 0 Å². The molecule has 1 amide bonds. The maximum absolute atomic E-state index is 12.6. The van der Waals surface area contributed by atoms with Crippen molar-refractivity contribution in [3.05, 3.63) is 17.6 Å². The number of aliphatic hydroxyl groups excluding tert-OH is 1. The molecule has 1 aromatic rings. The molecule has 176 valence electrons. The number of rotatable bonds is 5. The molecule has 9 heteroatoms. The van der Waals surface area contributed by atoms with E-state index < -0.39 is 24.6 Å². The van der Waals surface area contributed by atoms with Gasteiger partial charge >= 0.3 is 6.18 Å². The number of nitrogens with zero attached hydrogens (tertiary/aromatic N) is 3. The standard InChI is InChI=1S/C23H31F3N4O2/c24-23(25,26)10-20(32)30-5-4-17-18(12-30)28-13-29-21(17)27-11-19(31)22-7-14-2-1-3-15(8-22)16(6-14)9-22/h13-16,19,31H,1-12H2,(H,27,28,29)/t14?,15-,16+,19?,22?/m0/s1. The number of anilines is 1. The summed E-state index contributed by atoms with van der Waals surface area (Å²) in [5.41, 5.74) is 1.41. The molecule has 1 aliphatic heterocycles. The zero-order chi connectivity index (χ0) is 22.5. The summed E-state index contributed by atoms with van der Waals surface area (Å²) in [4.78, 5) is 21.7. The second kappa shape index (κ2) is 8.15. The van der Waals surface area contributed by atoms with Gasteiger partial charge in [-0.1, -0.05) is 19.3 Å². The quantitative estimate of drug-likeness (QED) is 0.713. The molecule has 3 saturated carbocycles. The summed E-state index contributed by atoms with van der Waals surface area (Å²) in [6.07, 6.45) is 3.96. The summed E-state index contributed by atoms with van der Waals surface area (Å²) < 4.78 is 37.7. The molecule has 2 heterocycles. The molecule has 3 unspecified atom stereocenters. The lowest BCUT2D eigenvalue weighted by Crippen LogP contribution is -2.42. The molecule has 5 rings (SSSR count). The molecular formula is C23H31F3N4O2. The van der Waals surface area contributed by atoms with Crippen molar-refractivity contribution >= 4 is 11.7 Å². The van der Waals surface area contributed by atoms with Crippen LogP contribution in [0.15, 0.2) is 6.33 Å². The zero-order valence-electron chi connectivity index (χ0n) is 18.2. The number of fused-ring (bicyclic) bond motifs is 3. The molecule has 0 radical (unpaired) electrons. The molecule has 6 nitrogen and oxygen atoms in total. The average Bonchev–Trinajstić information content (AvgIpc) is 2.91. The van der Waals surface area contributed by atoms with Gasteiger partial charge in [-0.2, -0.15) is 13.2 Å². The highest BCUT2D eigenvalue weighted by Crippen LogP contribution is 2.61. The molecule has 0 spiro atoms. The summed E-state index contributed by atoms with van der Waals surface area (Å²) in [5, 5.41) is 14.5. The van der Waals surface area contributed by atoms with Crippen molar-refractivity contribution in [2.45, 2.75) is 76.6 Å². The third-order valence-electron chi connectivity index (χ3n) is 8.40. The Bertz CT molecular complexity index is 875. The molecule has 2 N–H and O–H groups in total. The molecular weight excluding hydrogens is 421 g/mol. The first-order chi connectivity index (χ1) is 15.2. The van der Waals surface area contributed by atoms with E-state index in [0.29, 0.717) is 24.5 Å². The van der Waals surface area contributed by atoms with Crippen molar-refractivity contribution in [1.29, 1.82) is 0 Å². The molecule has 5 atom stereocenters. The molecule has 0 saturated heterocycles. The van der Waals surface area contributed by atoms with Crippen LogP contribution in [-0.4, -0.2) is 51.3 Å². The molecule has 3 fully saturated rings. The lowest BCUT2D eigenvalue weighted by atomic mass is 9.66. The van der Waals surface area contributed by atoms with E-state index >= 15 is 0 Å². The van der Waals surface area contributed by atoms with Crippen LogP contribution in [0, 0.1) is 23.2 Å². The molecule has 4 aliphatic rings. The van der Waals surface area contributed by atoms with E-state index in [4.69, 9.17) is 0 Å². The Balaban J connectivity index is 1.24. The summed E-state index contributed by atoms with van der Waals surface area (Å²) in [6, 6.07) is 0. The summed E-state index contributed by atoms with van der Waals surface area (Å²) in [7, 11) is 0. The third kappa shape index (κ3) is 4.20. The predicted octanol–water partition coefficient (Wildman–Crippen LogP) is 3.69. The number of aliphatic hydroxyl groups is 1. The highest BCUT2D eigenvalue weighted by molar-refractivity contribution is 5.77. The SMILES string of the molecule is O=C(CC(F)(F)F)N1CCc2c(ncnc2NCC(O)C23CC4CCC[C@@H](C2)[C@H](C4)C3)C1. The van der Waals surface area contributed by atoms with Gasteiger partial charge in [0.15, 0.2) is 0 Å². The van der Waals surface area contributed by atoms with Crippen LogP contribution in [0.5, 0.6) is 0 Å². The van der Waals surface area contributed by atoms with Crippen molar-refractivity contribution in [1.82, 2.24) is 14.9 Å². The molecule has 1 aromatic heterocycles. The summed E-state index contributed by atoms with van der Waals surface area (Å²) in [6.45, 7) is 0.673. The minimum atomic E-state index is -4.51. The van der Waals surface area contributed by atoms with Gasteiger partial charge in [0.25, 0.3) is 0 Å². The zero-order valence-corrected chi connectivity index (χ0v) is 18.2. The minimum Gasteiger partial charge on any atom is -0.391 e. The summed E-state index contributed by atoms with van der Waals surface area (Å²) in [5.74, 6) is 1.95. The number of hydrogen-bond donors (Lipinski definition) is 2. The first kappa shape index (κ1) is 21.9. The maximum Gasteiger partial charge on any atom is 0.397 e. The monoisotopic (exact) mass is 452 g/mol. The van der Waals surface area contributed by atoms with Gasteiger partial charge in [-0.15, -0.1) is 0 Å². The smallest absolute Gasteiger partial charge is 0.391 e. The normalized spacial score (nSPS) is 32.4. The van der Waals surface area contributed by atoms with Gasteiger partial charge in [-0.3, -0.25) is 4.79 Å². The van der Waals surface area contributed by atoms with Crippen molar-refractivity contribution < 1.29 is 23.1 Å². The Morgan fingerprint density at radius 2 is 2.06 bits per heavy atom. The molecule has 0 aromatic carbocycles. The van der Waals surface area contributed by atoms with Crippen LogP contribution in [0.1, 0.15) is 62.6 Å².